The van der Waals surface area contributed by atoms with Gasteiger partial charge in [0.1, 0.15) is 6.04 Å². The molecule has 120 valence electrons. The van der Waals surface area contributed by atoms with Crippen molar-refractivity contribution < 1.29 is 24.2 Å². The summed E-state index contributed by atoms with van der Waals surface area (Å²) in [7, 11) is 1.23. The molecule has 4 N–H and O–H groups in total. The number of nitrogens with one attached hydrogen (secondary N) is 1. The van der Waals surface area contributed by atoms with Crippen molar-refractivity contribution in [1.29, 1.82) is 0 Å². The first-order valence-electron chi connectivity index (χ1n) is 7.18. The smallest absolute Gasteiger partial charge is 0.326 e. The molecule has 0 aromatic heterocycles. The highest BCUT2D eigenvalue weighted by molar-refractivity contribution is 5.90. The van der Waals surface area contributed by atoms with E-state index < -0.39 is 29.4 Å². The first kappa shape index (κ1) is 17.4. The minimum atomic E-state index is -1.18. The number of esters is 1. The van der Waals surface area contributed by atoms with E-state index in [-0.39, 0.29) is 12.8 Å². The summed E-state index contributed by atoms with van der Waals surface area (Å²) in [6, 6.07) is -1.13. The number of methoxy groups -OCH3 is 1. The third-order valence-corrected chi connectivity index (χ3v) is 3.95. The fourth-order valence-electron chi connectivity index (χ4n) is 2.72. The summed E-state index contributed by atoms with van der Waals surface area (Å²) < 4.78 is 4.47. The highest BCUT2D eigenvalue weighted by Crippen LogP contribution is 2.30. The average molecular weight is 300 g/mol. The third-order valence-electron chi connectivity index (χ3n) is 3.95. The van der Waals surface area contributed by atoms with Crippen LogP contribution in [-0.4, -0.2) is 41.6 Å². The molecule has 1 saturated carbocycles. The highest BCUT2D eigenvalue weighted by Gasteiger charge is 2.39. The molecule has 0 heterocycles. The van der Waals surface area contributed by atoms with Crippen LogP contribution in [-0.2, 0) is 19.1 Å². The largest absolute Gasteiger partial charge is 0.480 e. The Bertz CT molecular complexity index is 412. The van der Waals surface area contributed by atoms with Gasteiger partial charge in [0.05, 0.1) is 12.6 Å². The van der Waals surface area contributed by atoms with Gasteiger partial charge in [0.25, 0.3) is 0 Å². The molecule has 2 unspecified atom stereocenters. The first-order valence-corrected chi connectivity index (χ1v) is 7.18. The van der Waals surface area contributed by atoms with E-state index in [2.05, 4.69) is 10.1 Å². The summed E-state index contributed by atoms with van der Waals surface area (Å²) in [6.07, 6.45) is 2.89. The van der Waals surface area contributed by atoms with Crippen LogP contribution in [0.5, 0.6) is 0 Å². The van der Waals surface area contributed by atoms with E-state index in [9.17, 15) is 14.4 Å². The number of carbonyl (C=O) groups excluding carboxylic acids is 2. The molecule has 1 amide bonds. The molecule has 1 aliphatic carbocycles. The van der Waals surface area contributed by atoms with Crippen molar-refractivity contribution in [3.63, 3.8) is 0 Å². The lowest BCUT2D eigenvalue weighted by molar-refractivity contribution is -0.145. The summed E-state index contributed by atoms with van der Waals surface area (Å²) in [4.78, 5) is 34.5. The highest BCUT2D eigenvalue weighted by atomic mass is 16.5. The standard InChI is InChI=1S/C14H24N2O5/c1-9-4-3-7-14(15,8-9)13(20)16-10(12(18)19)5-6-11(17)21-2/h9-10H,3-8,15H2,1-2H3,(H,16,20)(H,18,19)/t9?,10-,14?/m0/s1. The van der Waals surface area contributed by atoms with Gasteiger partial charge in [-0.05, 0) is 25.2 Å². The minimum Gasteiger partial charge on any atom is -0.480 e. The Morgan fingerprint density at radius 3 is 2.67 bits per heavy atom. The summed E-state index contributed by atoms with van der Waals surface area (Å²) >= 11 is 0. The lowest BCUT2D eigenvalue weighted by Gasteiger charge is -2.36. The van der Waals surface area contributed by atoms with Crippen molar-refractivity contribution in [1.82, 2.24) is 5.32 Å². The molecule has 0 radical (unpaired) electrons. The van der Waals surface area contributed by atoms with E-state index in [4.69, 9.17) is 10.8 Å². The summed E-state index contributed by atoms with van der Waals surface area (Å²) in [6.45, 7) is 2.03. The van der Waals surface area contributed by atoms with E-state index in [1.165, 1.54) is 7.11 Å². The SMILES string of the molecule is COC(=O)CC[C@H](NC(=O)C1(N)CCCC(C)C1)C(=O)O. The summed E-state index contributed by atoms with van der Waals surface area (Å²) in [5.74, 6) is -1.80. The molecule has 0 spiro atoms. The van der Waals surface area contributed by atoms with Crippen molar-refractivity contribution in [2.45, 2.75) is 57.0 Å². The molecule has 0 aromatic rings. The van der Waals surface area contributed by atoms with Gasteiger partial charge in [0.2, 0.25) is 5.91 Å². The Morgan fingerprint density at radius 2 is 2.14 bits per heavy atom. The van der Waals surface area contributed by atoms with Gasteiger partial charge in [0, 0.05) is 6.42 Å². The van der Waals surface area contributed by atoms with E-state index in [1.807, 2.05) is 6.92 Å². The molecule has 0 aromatic carbocycles. The van der Waals surface area contributed by atoms with Gasteiger partial charge in [-0.15, -0.1) is 0 Å². The molecule has 7 heteroatoms. The molecule has 7 nitrogen and oxygen atoms in total. The number of carbonyl (C=O) groups is 3. The maximum absolute atomic E-state index is 12.3. The lowest BCUT2D eigenvalue weighted by Crippen LogP contribution is -2.59. The van der Waals surface area contributed by atoms with Gasteiger partial charge >= 0.3 is 11.9 Å². The van der Waals surface area contributed by atoms with Crippen molar-refractivity contribution in [2.24, 2.45) is 11.7 Å². The maximum atomic E-state index is 12.3. The normalized spacial score (nSPS) is 26.7. The van der Waals surface area contributed by atoms with Gasteiger partial charge in [0.15, 0.2) is 0 Å². The van der Waals surface area contributed by atoms with Crippen LogP contribution in [0.3, 0.4) is 0 Å². The van der Waals surface area contributed by atoms with Gasteiger partial charge in [-0.2, -0.15) is 0 Å². The molecule has 0 saturated heterocycles. The Labute approximate surface area is 124 Å². The predicted octanol–water partition coefficient (Wildman–Crippen LogP) is 0.417. The topological polar surface area (TPSA) is 119 Å². The molecule has 3 atom stereocenters. The Hall–Kier alpha value is -1.63. The fourth-order valence-corrected chi connectivity index (χ4v) is 2.72. The van der Waals surface area contributed by atoms with Gasteiger partial charge in [-0.1, -0.05) is 19.8 Å². The van der Waals surface area contributed by atoms with Crippen molar-refractivity contribution in [3.8, 4) is 0 Å². The molecular formula is C14H24N2O5. The number of hydrogen-bond acceptors (Lipinski definition) is 5. The number of amides is 1. The van der Waals surface area contributed by atoms with E-state index in [0.29, 0.717) is 18.8 Å². The number of nitrogens with two attached hydrogens (primary N) is 1. The monoisotopic (exact) mass is 300 g/mol. The van der Waals surface area contributed by atoms with Crippen molar-refractivity contribution in [2.75, 3.05) is 7.11 Å². The van der Waals surface area contributed by atoms with Crippen LogP contribution in [0.2, 0.25) is 0 Å². The van der Waals surface area contributed by atoms with Gasteiger partial charge < -0.3 is 20.9 Å². The summed E-state index contributed by atoms with van der Waals surface area (Å²) in [5, 5.41) is 11.6. The van der Waals surface area contributed by atoms with Crippen molar-refractivity contribution >= 4 is 17.8 Å². The van der Waals surface area contributed by atoms with Crippen molar-refractivity contribution in [3.05, 3.63) is 0 Å². The predicted molar refractivity (Wildman–Crippen MR) is 75.4 cm³/mol. The van der Waals surface area contributed by atoms with Gasteiger partial charge in [-0.25, -0.2) is 4.79 Å². The Kier molecular flexibility index (Phi) is 6.14. The Morgan fingerprint density at radius 1 is 1.48 bits per heavy atom. The molecule has 21 heavy (non-hydrogen) atoms. The second kappa shape index (κ2) is 7.40. The van der Waals surface area contributed by atoms with E-state index >= 15 is 0 Å². The number of hydrogen-bond donors (Lipinski definition) is 3. The lowest BCUT2D eigenvalue weighted by atomic mass is 9.76. The van der Waals surface area contributed by atoms with Crippen LogP contribution in [0.1, 0.15) is 45.4 Å². The van der Waals surface area contributed by atoms with E-state index in [0.717, 1.165) is 12.8 Å². The van der Waals surface area contributed by atoms with Crippen LogP contribution < -0.4 is 11.1 Å². The van der Waals surface area contributed by atoms with Gasteiger partial charge in [-0.3, -0.25) is 9.59 Å². The molecule has 0 bridgehead atoms. The second-order valence-corrected chi connectivity index (χ2v) is 5.84. The quantitative estimate of drug-likeness (QED) is 0.612. The molecule has 0 aliphatic heterocycles. The minimum absolute atomic E-state index is 0.0145. The first-order chi connectivity index (χ1) is 9.78. The molecular weight excluding hydrogens is 276 g/mol. The third kappa shape index (κ3) is 5.00. The number of rotatable bonds is 6. The van der Waals surface area contributed by atoms with Crippen LogP contribution >= 0.6 is 0 Å². The number of ether oxygens (including phenoxy) is 1. The van der Waals surface area contributed by atoms with E-state index in [1.54, 1.807) is 0 Å². The van der Waals surface area contributed by atoms with Crippen LogP contribution in [0, 0.1) is 5.92 Å². The average Bonchev–Trinajstić information content (AvgIpc) is 2.42. The molecule has 1 aliphatic rings. The zero-order chi connectivity index (χ0) is 16.0. The molecule has 1 fully saturated rings. The zero-order valence-corrected chi connectivity index (χ0v) is 12.6. The number of carboxylic acids is 1. The second-order valence-electron chi connectivity index (χ2n) is 5.84. The maximum Gasteiger partial charge on any atom is 0.326 e. The fraction of sp³-hybridized carbons (Fsp3) is 0.786. The van der Waals surface area contributed by atoms with Crippen LogP contribution in [0.25, 0.3) is 0 Å². The number of aliphatic carboxylic acids is 1. The zero-order valence-electron chi connectivity index (χ0n) is 12.6. The molecule has 1 rings (SSSR count). The number of carboxylic acid groups (broad SMARTS) is 1. The van der Waals surface area contributed by atoms with Crippen LogP contribution in [0.4, 0.5) is 0 Å². The van der Waals surface area contributed by atoms with Crippen LogP contribution in [0.15, 0.2) is 0 Å². The Balaban J connectivity index is 2.63. The summed E-state index contributed by atoms with van der Waals surface area (Å²) in [5.41, 5.74) is 5.11.